The molecule has 1 aliphatic heterocycles. The van der Waals surface area contributed by atoms with Gasteiger partial charge < -0.3 is 15.5 Å². The summed E-state index contributed by atoms with van der Waals surface area (Å²) in [6.07, 6.45) is 2.64. The van der Waals surface area contributed by atoms with Gasteiger partial charge in [-0.2, -0.15) is 0 Å². The highest BCUT2D eigenvalue weighted by Gasteiger charge is 2.44. The molecule has 3 aromatic rings. The van der Waals surface area contributed by atoms with E-state index in [9.17, 15) is 24.2 Å². The summed E-state index contributed by atoms with van der Waals surface area (Å²) in [5, 5.41) is 23.0. The van der Waals surface area contributed by atoms with Crippen LogP contribution in [0.4, 0.5) is 10.1 Å². The monoisotopic (exact) mass is 563 g/mol. The minimum atomic E-state index is -1.10. The molecular weight excluding hydrogens is 525 g/mol. The number of aliphatic hydroxyl groups is 2. The second-order valence-electron chi connectivity index (χ2n) is 11.3. The van der Waals surface area contributed by atoms with E-state index in [0.717, 1.165) is 11.1 Å². The Bertz CT molecular complexity index is 1320. The maximum atomic E-state index is 14.3. The summed E-state index contributed by atoms with van der Waals surface area (Å²) in [5.74, 6) is -1.87. The molecule has 0 bridgehead atoms. The first-order chi connectivity index (χ1) is 19.6. The number of amides is 2. The van der Waals surface area contributed by atoms with Crippen LogP contribution in [0.1, 0.15) is 49.9 Å². The number of carbonyl (C=O) groups excluding carboxylic acids is 2. The van der Waals surface area contributed by atoms with Crippen molar-refractivity contribution in [3.8, 4) is 0 Å². The third-order valence-electron chi connectivity index (χ3n) is 7.31. The van der Waals surface area contributed by atoms with Crippen molar-refractivity contribution < 1.29 is 24.2 Å². The molecule has 1 aromatic heterocycles. The van der Waals surface area contributed by atoms with Gasteiger partial charge in [0.2, 0.25) is 11.8 Å². The first kappa shape index (κ1) is 30.3. The number of aliphatic hydroxyl groups excluding tert-OH is 2. The van der Waals surface area contributed by atoms with Crippen molar-refractivity contribution in [3.05, 3.63) is 95.6 Å². The molecule has 5 N–H and O–H groups in total. The third-order valence-corrected chi connectivity index (χ3v) is 7.31. The number of benzene rings is 2. The van der Waals surface area contributed by atoms with Crippen molar-refractivity contribution in [3.63, 3.8) is 0 Å². The molecular formula is C31H38FN5O4. The SMILES string of the molecule is CC(C)(C)c1ccc(N(C(=O)C2NNC(O)C2CCO)C(C(=O)NCCc2cccc(F)c2)c2cccnc2)cc1. The maximum Gasteiger partial charge on any atom is 0.247 e. The van der Waals surface area contributed by atoms with Crippen molar-refractivity contribution in [2.24, 2.45) is 5.92 Å². The number of anilines is 1. The van der Waals surface area contributed by atoms with Crippen LogP contribution in [0.5, 0.6) is 0 Å². The van der Waals surface area contributed by atoms with Crippen LogP contribution in [0.3, 0.4) is 0 Å². The Labute approximate surface area is 239 Å². The van der Waals surface area contributed by atoms with Crippen LogP contribution >= 0.6 is 0 Å². The fraction of sp³-hybridized carbons (Fsp3) is 0.387. The van der Waals surface area contributed by atoms with E-state index in [0.29, 0.717) is 17.7 Å². The van der Waals surface area contributed by atoms with E-state index in [4.69, 9.17) is 0 Å². The van der Waals surface area contributed by atoms with E-state index >= 15 is 0 Å². The van der Waals surface area contributed by atoms with E-state index < -0.39 is 36.0 Å². The molecule has 2 amide bonds. The van der Waals surface area contributed by atoms with Gasteiger partial charge >= 0.3 is 0 Å². The molecule has 1 saturated heterocycles. The normalized spacial score (nSPS) is 19.5. The zero-order valence-electron chi connectivity index (χ0n) is 23.5. The van der Waals surface area contributed by atoms with Crippen LogP contribution in [-0.4, -0.2) is 52.4 Å². The molecule has 41 heavy (non-hydrogen) atoms. The number of hydrogen-bond donors (Lipinski definition) is 5. The van der Waals surface area contributed by atoms with Gasteiger partial charge in [0.15, 0.2) is 0 Å². The molecule has 1 aliphatic rings. The number of aromatic nitrogens is 1. The Balaban J connectivity index is 1.72. The van der Waals surface area contributed by atoms with Crippen molar-refractivity contribution in [2.45, 2.75) is 57.3 Å². The molecule has 4 rings (SSSR count). The molecule has 0 saturated carbocycles. The molecule has 0 radical (unpaired) electrons. The molecule has 2 heterocycles. The Morgan fingerprint density at radius 3 is 2.49 bits per heavy atom. The molecule has 0 aliphatic carbocycles. The van der Waals surface area contributed by atoms with Gasteiger partial charge in [0.25, 0.3) is 0 Å². The summed E-state index contributed by atoms with van der Waals surface area (Å²) >= 11 is 0. The smallest absolute Gasteiger partial charge is 0.247 e. The third kappa shape index (κ3) is 7.34. The first-order valence-electron chi connectivity index (χ1n) is 13.8. The van der Waals surface area contributed by atoms with Crippen LogP contribution in [0.2, 0.25) is 0 Å². The van der Waals surface area contributed by atoms with Gasteiger partial charge in [-0.25, -0.2) is 15.2 Å². The van der Waals surface area contributed by atoms with Crippen LogP contribution < -0.4 is 21.1 Å². The molecule has 4 unspecified atom stereocenters. The number of nitrogens with zero attached hydrogens (tertiary/aromatic N) is 2. The topological polar surface area (TPSA) is 127 Å². The number of carbonyl (C=O) groups is 2. The standard InChI is InChI=1S/C31H38FN5O4/c1-31(2,3)22-9-11-24(12-10-22)37(30(41)26-25(14-17-38)28(39)36-35-26)27(21-7-5-15-33-19-21)29(40)34-16-13-20-6-4-8-23(32)18-20/h4-12,15,18-19,25-28,35-36,38-39H,13-14,16-17H2,1-3H3,(H,34,40). The van der Waals surface area contributed by atoms with Gasteiger partial charge in [0, 0.05) is 42.7 Å². The minimum Gasteiger partial charge on any atom is -0.396 e. The number of hydrazine groups is 1. The van der Waals surface area contributed by atoms with Crippen molar-refractivity contribution >= 4 is 17.5 Å². The Morgan fingerprint density at radius 2 is 1.85 bits per heavy atom. The summed E-state index contributed by atoms with van der Waals surface area (Å²) in [7, 11) is 0. The highest BCUT2D eigenvalue weighted by atomic mass is 19.1. The molecule has 4 atom stereocenters. The van der Waals surface area contributed by atoms with Gasteiger partial charge in [-0.1, -0.05) is 51.1 Å². The Kier molecular flexibility index (Phi) is 9.82. The van der Waals surface area contributed by atoms with Gasteiger partial charge in [0.1, 0.15) is 24.1 Å². The number of rotatable bonds is 10. The highest BCUT2D eigenvalue weighted by molar-refractivity contribution is 6.04. The minimum absolute atomic E-state index is 0.127. The summed E-state index contributed by atoms with van der Waals surface area (Å²) in [4.78, 5) is 33.8. The number of halogens is 1. The largest absolute Gasteiger partial charge is 0.396 e. The quantitative estimate of drug-likeness (QED) is 0.257. The van der Waals surface area contributed by atoms with E-state index in [1.807, 2.05) is 24.3 Å². The second-order valence-corrected chi connectivity index (χ2v) is 11.3. The summed E-state index contributed by atoms with van der Waals surface area (Å²) < 4.78 is 13.7. The zero-order chi connectivity index (χ0) is 29.6. The Hall–Kier alpha value is -3.70. The Morgan fingerprint density at radius 1 is 1.10 bits per heavy atom. The summed E-state index contributed by atoms with van der Waals surface area (Å²) in [6, 6.07) is 15.1. The highest BCUT2D eigenvalue weighted by Crippen LogP contribution is 2.33. The number of pyridine rings is 1. The van der Waals surface area contributed by atoms with Crippen molar-refractivity contribution in [2.75, 3.05) is 18.1 Å². The van der Waals surface area contributed by atoms with Gasteiger partial charge in [0.05, 0.1) is 0 Å². The van der Waals surface area contributed by atoms with Crippen LogP contribution in [0.15, 0.2) is 73.1 Å². The van der Waals surface area contributed by atoms with E-state index in [-0.39, 0.29) is 30.8 Å². The van der Waals surface area contributed by atoms with Crippen molar-refractivity contribution in [1.29, 1.82) is 0 Å². The maximum absolute atomic E-state index is 14.3. The summed E-state index contributed by atoms with van der Waals surface area (Å²) in [5.41, 5.74) is 8.19. The molecule has 1 fully saturated rings. The predicted molar refractivity (Wildman–Crippen MR) is 154 cm³/mol. The zero-order valence-corrected chi connectivity index (χ0v) is 23.5. The molecule has 9 nitrogen and oxygen atoms in total. The molecule has 218 valence electrons. The van der Waals surface area contributed by atoms with E-state index in [1.54, 1.807) is 36.7 Å². The fourth-order valence-electron chi connectivity index (χ4n) is 5.04. The van der Waals surface area contributed by atoms with Crippen molar-refractivity contribution in [1.82, 2.24) is 21.2 Å². The van der Waals surface area contributed by atoms with Crippen LogP contribution in [-0.2, 0) is 21.4 Å². The van der Waals surface area contributed by atoms with E-state index in [2.05, 4.69) is 41.9 Å². The lowest BCUT2D eigenvalue weighted by atomic mass is 9.87. The number of nitrogens with one attached hydrogen (secondary N) is 3. The average molecular weight is 564 g/mol. The lowest BCUT2D eigenvalue weighted by molar-refractivity contribution is -0.128. The molecule has 0 spiro atoms. The van der Waals surface area contributed by atoms with Gasteiger partial charge in [-0.05, 0) is 59.7 Å². The van der Waals surface area contributed by atoms with Gasteiger partial charge in [-0.15, -0.1) is 0 Å². The first-order valence-corrected chi connectivity index (χ1v) is 13.8. The molecule has 2 aromatic carbocycles. The average Bonchev–Trinajstić information content (AvgIpc) is 3.31. The van der Waals surface area contributed by atoms with Crippen LogP contribution in [0, 0.1) is 11.7 Å². The second kappa shape index (κ2) is 13.3. The lowest BCUT2D eigenvalue weighted by Crippen LogP contribution is -2.52. The lowest BCUT2D eigenvalue weighted by Gasteiger charge is -2.34. The fourth-order valence-corrected chi connectivity index (χ4v) is 5.04. The van der Waals surface area contributed by atoms with Crippen LogP contribution in [0.25, 0.3) is 0 Å². The molecule has 10 heteroatoms. The van der Waals surface area contributed by atoms with Gasteiger partial charge in [-0.3, -0.25) is 19.5 Å². The number of hydrogen-bond acceptors (Lipinski definition) is 7. The summed E-state index contributed by atoms with van der Waals surface area (Å²) in [6.45, 7) is 6.26. The predicted octanol–water partition coefficient (Wildman–Crippen LogP) is 2.74. The van der Waals surface area contributed by atoms with E-state index in [1.165, 1.54) is 17.0 Å².